The summed E-state index contributed by atoms with van der Waals surface area (Å²) >= 11 is 0. The monoisotopic (exact) mass is 184 g/mol. The molecule has 0 radical (unpaired) electrons. The maximum absolute atomic E-state index is 10.6. The second-order valence-corrected chi connectivity index (χ2v) is 2.73. The molecule has 0 spiro atoms. The summed E-state index contributed by atoms with van der Waals surface area (Å²) in [5.74, 6) is -0.312. The number of aldehydes is 1. The Bertz CT molecular complexity index is 173. The maximum atomic E-state index is 10.6. The molecule has 0 fully saturated rings. The SMILES string of the molecule is COC(=O)/C=C/CCCCCC=O. The molecule has 13 heavy (non-hydrogen) atoms. The molecule has 0 amide bonds. The van der Waals surface area contributed by atoms with E-state index in [2.05, 4.69) is 4.74 Å². The van der Waals surface area contributed by atoms with Crippen molar-refractivity contribution in [2.75, 3.05) is 7.11 Å². The van der Waals surface area contributed by atoms with Gasteiger partial charge in [0.15, 0.2) is 0 Å². The Kier molecular flexibility index (Phi) is 8.20. The second kappa shape index (κ2) is 8.97. The zero-order chi connectivity index (χ0) is 9.94. The highest BCUT2D eigenvalue weighted by Gasteiger charge is 1.90. The van der Waals surface area contributed by atoms with Crippen LogP contribution in [0.25, 0.3) is 0 Å². The van der Waals surface area contributed by atoms with Crippen LogP contribution in [0.2, 0.25) is 0 Å². The fraction of sp³-hybridized carbons (Fsp3) is 0.600. The molecule has 3 nitrogen and oxygen atoms in total. The first-order valence-corrected chi connectivity index (χ1v) is 4.49. The minimum absolute atomic E-state index is 0.312. The van der Waals surface area contributed by atoms with E-state index in [1.54, 1.807) is 6.08 Å². The average Bonchev–Trinajstić information content (AvgIpc) is 2.16. The lowest BCUT2D eigenvalue weighted by atomic mass is 10.1. The fourth-order valence-corrected chi connectivity index (χ4v) is 0.914. The Hall–Kier alpha value is -1.12. The van der Waals surface area contributed by atoms with Gasteiger partial charge in [0.05, 0.1) is 7.11 Å². The molecular weight excluding hydrogens is 168 g/mol. The highest BCUT2D eigenvalue weighted by atomic mass is 16.5. The zero-order valence-corrected chi connectivity index (χ0v) is 7.99. The molecule has 0 aromatic carbocycles. The number of esters is 1. The highest BCUT2D eigenvalue weighted by molar-refractivity contribution is 5.81. The van der Waals surface area contributed by atoms with Gasteiger partial charge in [0.2, 0.25) is 0 Å². The van der Waals surface area contributed by atoms with Crippen LogP contribution < -0.4 is 0 Å². The molecular formula is C10H16O3. The van der Waals surface area contributed by atoms with Crippen molar-refractivity contribution in [3.63, 3.8) is 0 Å². The number of carbonyl (C=O) groups excluding carboxylic acids is 2. The van der Waals surface area contributed by atoms with E-state index in [9.17, 15) is 9.59 Å². The second-order valence-electron chi connectivity index (χ2n) is 2.73. The van der Waals surface area contributed by atoms with Gasteiger partial charge < -0.3 is 9.53 Å². The number of carbonyl (C=O) groups is 2. The number of ether oxygens (including phenoxy) is 1. The lowest BCUT2D eigenvalue weighted by Gasteiger charge is -1.93. The average molecular weight is 184 g/mol. The number of methoxy groups -OCH3 is 1. The van der Waals surface area contributed by atoms with E-state index < -0.39 is 0 Å². The molecule has 74 valence electrons. The minimum atomic E-state index is -0.312. The maximum Gasteiger partial charge on any atom is 0.330 e. The zero-order valence-electron chi connectivity index (χ0n) is 7.99. The molecule has 0 heterocycles. The van der Waals surface area contributed by atoms with Crippen LogP contribution in [0, 0.1) is 0 Å². The molecule has 0 saturated carbocycles. The van der Waals surface area contributed by atoms with Crippen LogP contribution in [0.1, 0.15) is 32.1 Å². The van der Waals surface area contributed by atoms with E-state index in [-0.39, 0.29) is 5.97 Å². The Morgan fingerprint density at radius 3 is 2.54 bits per heavy atom. The van der Waals surface area contributed by atoms with Crippen LogP contribution in [0.4, 0.5) is 0 Å². The summed E-state index contributed by atoms with van der Waals surface area (Å²) in [7, 11) is 1.36. The predicted molar refractivity (Wildman–Crippen MR) is 50.3 cm³/mol. The minimum Gasteiger partial charge on any atom is -0.466 e. The van der Waals surface area contributed by atoms with Gasteiger partial charge in [-0.05, 0) is 19.3 Å². The van der Waals surface area contributed by atoms with Gasteiger partial charge in [0.1, 0.15) is 6.29 Å². The van der Waals surface area contributed by atoms with E-state index in [4.69, 9.17) is 0 Å². The van der Waals surface area contributed by atoms with Gasteiger partial charge >= 0.3 is 5.97 Å². The molecule has 0 aromatic rings. The highest BCUT2D eigenvalue weighted by Crippen LogP contribution is 2.02. The van der Waals surface area contributed by atoms with E-state index in [0.29, 0.717) is 6.42 Å². The van der Waals surface area contributed by atoms with E-state index in [1.165, 1.54) is 13.2 Å². The molecule has 0 saturated heterocycles. The van der Waals surface area contributed by atoms with Gasteiger partial charge in [-0.3, -0.25) is 0 Å². The molecule has 0 aliphatic rings. The first-order valence-electron chi connectivity index (χ1n) is 4.49. The Labute approximate surface area is 78.8 Å². The Morgan fingerprint density at radius 2 is 1.92 bits per heavy atom. The van der Waals surface area contributed by atoms with Crippen molar-refractivity contribution >= 4 is 12.3 Å². The summed E-state index contributed by atoms with van der Waals surface area (Å²) in [5, 5.41) is 0. The van der Waals surface area contributed by atoms with Crippen LogP contribution >= 0.6 is 0 Å². The largest absolute Gasteiger partial charge is 0.466 e. The lowest BCUT2D eigenvalue weighted by Crippen LogP contribution is -1.93. The summed E-state index contributed by atoms with van der Waals surface area (Å²) in [6, 6.07) is 0. The van der Waals surface area contributed by atoms with Crippen LogP contribution in [0.5, 0.6) is 0 Å². The van der Waals surface area contributed by atoms with Crippen LogP contribution in [-0.2, 0) is 14.3 Å². The van der Waals surface area contributed by atoms with Crippen LogP contribution in [0.15, 0.2) is 12.2 Å². The molecule has 0 bridgehead atoms. The van der Waals surface area contributed by atoms with Crippen molar-refractivity contribution in [2.45, 2.75) is 32.1 Å². The van der Waals surface area contributed by atoms with Gasteiger partial charge in [-0.1, -0.05) is 12.5 Å². The van der Waals surface area contributed by atoms with Crippen molar-refractivity contribution in [1.29, 1.82) is 0 Å². The first-order chi connectivity index (χ1) is 6.31. The summed E-state index contributed by atoms with van der Waals surface area (Å²) < 4.78 is 4.42. The van der Waals surface area contributed by atoms with Crippen LogP contribution in [-0.4, -0.2) is 19.4 Å². The van der Waals surface area contributed by atoms with Crippen molar-refractivity contribution in [2.24, 2.45) is 0 Å². The number of unbranched alkanes of at least 4 members (excludes halogenated alkanes) is 4. The molecule has 3 heteroatoms. The summed E-state index contributed by atoms with van der Waals surface area (Å²) in [5.41, 5.74) is 0. The van der Waals surface area contributed by atoms with E-state index in [1.807, 2.05) is 0 Å². The molecule has 0 aromatic heterocycles. The smallest absolute Gasteiger partial charge is 0.330 e. The Balaban J connectivity index is 3.19. The van der Waals surface area contributed by atoms with Gasteiger partial charge in [0.25, 0.3) is 0 Å². The standard InChI is InChI=1S/C10H16O3/c1-13-10(12)8-6-4-2-3-5-7-9-11/h6,8-9H,2-5,7H2,1H3/b8-6+. The van der Waals surface area contributed by atoms with Gasteiger partial charge in [-0.2, -0.15) is 0 Å². The third-order valence-corrected chi connectivity index (χ3v) is 1.65. The predicted octanol–water partition coefficient (Wildman–Crippen LogP) is 1.86. The first kappa shape index (κ1) is 11.9. The number of allylic oxidation sites excluding steroid dienone is 1. The molecule has 0 rings (SSSR count). The molecule has 0 aliphatic heterocycles. The van der Waals surface area contributed by atoms with Crippen molar-refractivity contribution < 1.29 is 14.3 Å². The molecule has 0 aliphatic carbocycles. The normalized spacial score (nSPS) is 10.2. The van der Waals surface area contributed by atoms with Gasteiger partial charge in [-0.25, -0.2) is 4.79 Å². The number of hydrogen-bond acceptors (Lipinski definition) is 3. The van der Waals surface area contributed by atoms with Gasteiger partial charge in [0, 0.05) is 12.5 Å². The number of hydrogen-bond donors (Lipinski definition) is 0. The van der Waals surface area contributed by atoms with E-state index >= 15 is 0 Å². The van der Waals surface area contributed by atoms with Crippen LogP contribution in [0.3, 0.4) is 0 Å². The van der Waals surface area contributed by atoms with Gasteiger partial charge in [-0.15, -0.1) is 0 Å². The quantitative estimate of drug-likeness (QED) is 0.262. The third kappa shape index (κ3) is 8.79. The molecule has 0 atom stereocenters. The molecule has 0 N–H and O–H groups in total. The summed E-state index contributed by atoms with van der Waals surface area (Å²) in [6.45, 7) is 0. The summed E-state index contributed by atoms with van der Waals surface area (Å²) in [6.07, 6.45) is 8.66. The van der Waals surface area contributed by atoms with Crippen molar-refractivity contribution in [3.8, 4) is 0 Å². The summed E-state index contributed by atoms with van der Waals surface area (Å²) in [4.78, 5) is 20.5. The van der Waals surface area contributed by atoms with Crippen molar-refractivity contribution in [3.05, 3.63) is 12.2 Å². The van der Waals surface area contributed by atoms with Crippen molar-refractivity contribution in [1.82, 2.24) is 0 Å². The topological polar surface area (TPSA) is 43.4 Å². The fourth-order valence-electron chi connectivity index (χ4n) is 0.914. The molecule has 0 unspecified atom stereocenters. The lowest BCUT2D eigenvalue weighted by molar-refractivity contribution is -0.134. The number of rotatable bonds is 7. The van der Waals surface area contributed by atoms with E-state index in [0.717, 1.165) is 32.0 Å². The Morgan fingerprint density at radius 1 is 1.23 bits per heavy atom. The third-order valence-electron chi connectivity index (χ3n) is 1.65.